The van der Waals surface area contributed by atoms with E-state index in [1.54, 1.807) is 0 Å². The molecule has 3 aromatic rings. The molecule has 0 radical (unpaired) electrons. The molecule has 31 heavy (non-hydrogen) atoms. The molecule has 0 unspecified atom stereocenters. The highest BCUT2D eigenvalue weighted by molar-refractivity contribution is 6.30. The third kappa shape index (κ3) is 3.39. The lowest BCUT2D eigenvalue weighted by Crippen LogP contribution is -2.42. The van der Waals surface area contributed by atoms with Crippen LogP contribution in [0.2, 0.25) is 5.02 Å². The molecule has 0 spiro atoms. The van der Waals surface area contributed by atoms with Gasteiger partial charge >= 0.3 is 0 Å². The largest absolute Gasteiger partial charge is 0.454 e. The zero-order valence-corrected chi connectivity index (χ0v) is 18.1. The Morgan fingerprint density at radius 3 is 2.68 bits per heavy atom. The van der Waals surface area contributed by atoms with Gasteiger partial charge in [0.15, 0.2) is 11.5 Å². The normalized spacial score (nSPS) is 25.0. The third-order valence-electron chi connectivity index (χ3n) is 6.66. The van der Waals surface area contributed by atoms with Crippen LogP contribution < -0.4 is 9.47 Å². The summed E-state index contributed by atoms with van der Waals surface area (Å²) in [4.78, 5) is 7.27. The Hall–Kier alpha value is -2.54. The number of rotatable bonds is 3. The number of aryl methyl sites for hydroxylation is 1. The van der Waals surface area contributed by atoms with Gasteiger partial charge in [-0.2, -0.15) is 0 Å². The Kier molecular flexibility index (Phi) is 4.67. The number of hydrogen-bond donors (Lipinski definition) is 0. The molecule has 2 saturated heterocycles. The van der Waals surface area contributed by atoms with Crippen molar-refractivity contribution in [2.75, 3.05) is 26.5 Å². The van der Waals surface area contributed by atoms with E-state index in [1.807, 2.05) is 24.4 Å². The Morgan fingerprint density at radius 1 is 1.03 bits per heavy atom. The van der Waals surface area contributed by atoms with E-state index in [-0.39, 0.29) is 12.9 Å². The fraction of sp³-hybridized carbons (Fsp3) is 0.375. The summed E-state index contributed by atoms with van der Waals surface area (Å²) in [5, 5.41) is 0.755. The molecule has 6 rings (SSSR count). The first-order chi connectivity index (χ1) is 15.2. The van der Waals surface area contributed by atoms with Crippen molar-refractivity contribution in [3.8, 4) is 22.9 Å². The van der Waals surface area contributed by atoms with Crippen molar-refractivity contribution in [1.29, 1.82) is 0 Å². The van der Waals surface area contributed by atoms with E-state index in [1.165, 1.54) is 5.56 Å². The maximum Gasteiger partial charge on any atom is 0.231 e. The molecular weight excluding hydrogens is 414 g/mol. The average molecular weight is 438 g/mol. The van der Waals surface area contributed by atoms with Crippen molar-refractivity contribution < 1.29 is 14.2 Å². The van der Waals surface area contributed by atoms with Crippen LogP contribution in [0.4, 0.5) is 0 Å². The summed E-state index contributed by atoms with van der Waals surface area (Å²) >= 11 is 6.05. The van der Waals surface area contributed by atoms with E-state index in [2.05, 4.69) is 40.8 Å². The molecule has 0 aliphatic carbocycles. The van der Waals surface area contributed by atoms with E-state index in [9.17, 15) is 0 Å². The van der Waals surface area contributed by atoms with Gasteiger partial charge in [0.2, 0.25) is 6.79 Å². The van der Waals surface area contributed by atoms with Crippen molar-refractivity contribution in [2.24, 2.45) is 0 Å². The fourth-order valence-electron chi connectivity index (χ4n) is 5.03. The molecule has 4 heterocycles. The fourth-order valence-corrected chi connectivity index (χ4v) is 5.15. The maximum absolute atomic E-state index is 6.23. The number of benzene rings is 2. The van der Waals surface area contributed by atoms with Gasteiger partial charge in [-0.1, -0.05) is 23.7 Å². The molecule has 0 saturated carbocycles. The predicted molar refractivity (Wildman–Crippen MR) is 118 cm³/mol. The Morgan fingerprint density at radius 2 is 1.84 bits per heavy atom. The first kappa shape index (κ1) is 19.2. The van der Waals surface area contributed by atoms with Crippen LogP contribution in [-0.2, 0) is 4.74 Å². The van der Waals surface area contributed by atoms with E-state index < -0.39 is 0 Å². The summed E-state index contributed by atoms with van der Waals surface area (Å²) < 4.78 is 19.7. The lowest BCUT2D eigenvalue weighted by Gasteiger charge is -2.35. The highest BCUT2D eigenvalue weighted by Gasteiger charge is 2.39. The number of halogens is 1. The molecule has 3 atom stereocenters. The summed E-state index contributed by atoms with van der Waals surface area (Å²) in [5.74, 6) is 2.58. The lowest BCUT2D eigenvalue weighted by atomic mass is 10.1. The highest BCUT2D eigenvalue weighted by atomic mass is 35.5. The minimum Gasteiger partial charge on any atom is -0.454 e. The van der Waals surface area contributed by atoms with Gasteiger partial charge < -0.3 is 18.8 Å². The lowest BCUT2D eigenvalue weighted by molar-refractivity contribution is -0.0502. The molecule has 0 N–H and O–H groups in total. The highest BCUT2D eigenvalue weighted by Crippen LogP contribution is 2.40. The average Bonchev–Trinajstić information content (AvgIpc) is 3.51. The van der Waals surface area contributed by atoms with Crippen LogP contribution >= 0.6 is 11.6 Å². The Labute approximate surface area is 186 Å². The maximum atomic E-state index is 6.23. The van der Waals surface area contributed by atoms with Gasteiger partial charge in [-0.15, -0.1) is 0 Å². The minimum absolute atomic E-state index is 0.0885. The SMILES string of the molecule is Cc1cc2c(cc1-c1nccn1[C@@H]1C[C@H]3CO[C@@H](c4ccc(Cl)cc4)CN3C1)OCO2. The van der Waals surface area contributed by atoms with Crippen LogP contribution in [0.15, 0.2) is 48.8 Å². The van der Waals surface area contributed by atoms with Crippen molar-refractivity contribution in [1.82, 2.24) is 14.5 Å². The number of morpholine rings is 1. The smallest absolute Gasteiger partial charge is 0.231 e. The monoisotopic (exact) mass is 437 g/mol. The van der Waals surface area contributed by atoms with Crippen LogP contribution in [0.3, 0.4) is 0 Å². The quantitative estimate of drug-likeness (QED) is 0.598. The van der Waals surface area contributed by atoms with Gasteiger partial charge in [-0.3, -0.25) is 4.90 Å². The van der Waals surface area contributed by atoms with Crippen molar-refractivity contribution in [3.05, 3.63) is 64.9 Å². The topological polar surface area (TPSA) is 48.8 Å². The van der Waals surface area contributed by atoms with Crippen molar-refractivity contribution in [3.63, 3.8) is 0 Å². The number of aromatic nitrogens is 2. The molecular formula is C24H24ClN3O3. The van der Waals surface area contributed by atoms with Gasteiger partial charge in [0, 0.05) is 48.2 Å². The van der Waals surface area contributed by atoms with Crippen LogP contribution in [0.25, 0.3) is 11.4 Å². The van der Waals surface area contributed by atoms with Crippen molar-refractivity contribution in [2.45, 2.75) is 31.5 Å². The van der Waals surface area contributed by atoms with E-state index >= 15 is 0 Å². The van der Waals surface area contributed by atoms with Gasteiger partial charge in [0.25, 0.3) is 0 Å². The molecule has 2 aromatic carbocycles. The molecule has 3 aliphatic rings. The molecule has 160 valence electrons. The number of imidazole rings is 1. The Bertz CT molecular complexity index is 1110. The second kappa shape index (κ2) is 7.55. The summed E-state index contributed by atoms with van der Waals surface area (Å²) in [5.41, 5.74) is 3.42. The number of hydrogen-bond acceptors (Lipinski definition) is 5. The summed E-state index contributed by atoms with van der Waals surface area (Å²) in [6.45, 7) is 5.01. The Balaban J connectivity index is 1.24. The van der Waals surface area contributed by atoms with E-state index in [4.69, 9.17) is 30.8 Å². The van der Waals surface area contributed by atoms with Crippen molar-refractivity contribution >= 4 is 11.6 Å². The van der Waals surface area contributed by atoms with Crippen LogP contribution in [0.1, 0.15) is 29.7 Å². The number of nitrogens with zero attached hydrogens (tertiary/aromatic N) is 3. The molecule has 0 amide bonds. The molecule has 3 aliphatic heterocycles. The zero-order valence-electron chi connectivity index (χ0n) is 17.3. The van der Waals surface area contributed by atoms with Gasteiger partial charge in [0.1, 0.15) is 5.82 Å². The first-order valence-corrected chi connectivity index (χ1v) is 11.1. The number of fused-ring (bicyclic) bond motifs is 2. The van der Waals surface area contributed by atoms with Gasteiger partial charge in [-0.05, 0) is 48.7 Å². The van der Waals surface area contributed by atoms with Gasteiger partial charge in [-0.25, -0.2) is 4.98 Å². The third-order valence-corrected chi connectivity index (χ3v) is 6.91. The van der Waals surface area contributed by atoms with Crippen LogP contribution in [0, 0.1) is 6.92 Å². The second-order valence-electron chi connectivity index (χ2n) is 8.55. The molecule has 7 heteroatoms. The van der Waals surface area contributed by atoms with E-state index in [0.717, 1.165) is 59.6 Å². The molecule has 6 nitrogen and oxygen atoms in total. The first-order valence-electron chi connectivity index (χ1n) is 10.7. The summed E-state index contributed by atoms with van der Waals surface area (Å²) in [7, 11) is 0. The van der Waals surface area contributed by atoms with Crippen LogP contribution in [0.5, 0.6) is 11.5 Å². The predicted octanol–water partition coefficient (Wildman–Crippen LogP) is 4.63. The standard InChI is InChI=1S/C24H24ClN3O3/c1-15-8-21-22(31-14-30-21)10-20(15)24-26-6-7-28(24)18-9-19-13-29-23(12-27(19)11-18)16-2-4-17(25)5-3-16/h2-8,10,18-19,23H,9,11-14H2,1H3/t18-,19+,23-/m1/s1. The molecule has 1 aromatic heterocycles. The molecule has 0 bridgehead atoms. The van der Waals surface area contributed by atoms with Crippen LogP contribution in [-0.4, -0.2) is 47.0 Å². The summed E-state index contributed by atoms with van der Waals surface area (Å²) in [6.07, 6.45) is 5.13. The minimum atomic E-state index is 0.0885. The molecule has 2 fully saturated rings. The van der Waals surface area contributed by atoms with Gasteiger partial charge in [0.05, 0.1) is 12.7 Å². The second-order valence-corrected chi connectivity index (χ2v) is 8.99. The van der Waals surface area contributed by atoms with E-state index in [0.29, 0.717) is 12.1 Å². The zero-order chi connectivity index (χ0) is 20.9. The summed E-state index contributed by atoms with van der Waals surface area (Å²) in [6, 6.07) is 12.9. The number of ether oxygens (including phenoxy) is 3.